The molecule has 222 valence electrons. The molecule has 1 saturated heterocycles. The maximum atomic E-state index is 14.0. The Morgan fingerprint density at radius 1 is 1.12 bits per heavy atom. The molecule has 0 radical (unpaired) electrons. The summed E-state index contributed by atoms with van der Waals surface area (Å²) in [5.41, 5.74) is 0.863. The van der Waals surface area contributed by atoms with E-state index < -0.39 is 18.9 Å². The number of nitrogens with one attached hydrogen (secondary N) is 3. The molecule has 4 heterocycles. The van der Waals surface area contributed by atoms with Gasteiger partial charge in [-0.15, -0.1) is 0 Å². The molecule has 0 saturated carbocycles. The molecule has 0 bridgehead atoms. The van der Waals surface area contributed by atoms with Crippen LogP contribution in [0.4, 0.5) is 42.0 Å². The first kappa shape index (κ1) is 28.2. The van der Waals surface area contributed by atoms with Gasteiger partial charge in [0.25, 0.3) is 0 Å². The normalized spacial score (nSPS) is 17.4. The number of likely N-dealkylation sites (N-methyl/N-ethyl adjacent to an activating group) is 1. The fourth-order valence-corrected chi connectivity index (χ4v) is 6.67. The molecule has 2 aromatic carbocycles. The van der Waals surface area contributed by atoms with Crippen molar-refractivity contribution in [3.63, 3.8) is 0 Å². The van der Waals surface area contributed by atoms with Gasteiger partial charge in [0.05, 0.1) is 41.2 Å². The Kier molecular flexibility index (Phi) is 6.97. The van der Waals surface area contributed by atoms with Crippen LogP contribution in [0.3, 0.4) is 0 Å². The Bertz CT molecular complexity index is 1700. The Labute approximate surface area is 240 Å². The molecule has 2 aromatic heterocycles. The van der Waals surface area contributed by atoms with Gasteiger partial charge < -0.3 is 39.5 Å². The maximum Gasteiger partial charge on any atom is 0.418 e. The van der Waals surface area contributed by atoms with E-state index in [9.17, 15) is 17.7 Å². The zero-order valence-corrected chi connectivity index (χ0v) is 24.4. The first-order valence-corrected chi connectivity index (χ1v) is 16.0. The smallest absolute Gasteiger partial charge is 0.418 e. The zero-order chi connectivity index (χ0) is 29.8. The van der Waals surface area contributed by atoms with Crippen molar-refractivity contribution in [3.05, 3.63) is 48.2 Å². The molecule has 14 heteroatoms. The number of aromatic amines is 1. The van der Waals surface area contributed by atoms with Crippen LogP contribution in [-0.2, 0) is 10.7 Å². The highest BCUT2D eigenvalue weighted by atomic mass is 31.2. The monoisotopic (exact) mass is 601 g/mol. The molecule has 2 aliphatic heterocycles. The summed E-state index contributed by atoms with van der Waals surface area (Å²) in [6.45, 7) is 6.38. The summed E-state index contributed by atoms with van der Waals surface area (Å²) in [6, 6.07) is 10.7. The van der Waals surface area contributed by atoms with Crippen molar-refractivity contribution in [2.75, 3.05) is 69.3 Å². The van der Waals surface area contributed by atoms with Crippen molar-refractivity contribution in [2.24, 2.45) is 0 Å². The number of hydrogen-bond acceptors (Lipinski definition) is 9. The van der Waals surface area contributed by atoms with Gasteiger partial charge in [0.15, 0.2) is 0 Å². The predicted molar refractivity (Wildman–Crippen MR) is 158 cm³/mol. The van der Waals surface area contributed by atoms with E-state index in [4.69, 9.17) is 9.47 Å². The Morgan fingerprint density at radius 3 is 2.64 bits per heavy atom. The minimum Gasteiger partial charge on any atom is -0.494 e. The molecule has 4 aromatic rings. The third-order valence-corrected chi connectivity index (χ3v) is 9.08. The van der Waals surface area contributed by atoms with E-state index >= 15 is 0 Å². The lowest BCUT2D eigenvalue weighted by atomic mass is 10.1. The number of alkyl halides is 3. The molecule has 1 atom stereocenters. The number of piperazine rings is 1. The molecule has 0 amide bonds. The number of ether oxygens (including phenoxy) is 2. The highest BCUT2D eigenvalue weighted by Gasteiger charge is 2.36. The van der Waals surface area contributed by atoms with E-state index in [2.05, 4.69) is 42.4 Å². The number of halogens is 3. The summed E-state index contributed by atoms with van der Waals surface area (Å²) in [4.78, 5) is 16.0. The summed E-state index contributed by atoms with van der Waals surface area (Å²) in [7, 11) is 0.855. The van der Waals surface area contributed by atoms with Gasteiger partial charge in [0, 0.05) is 43.3 Å². The lowest BCUT2D eigenvalue weighted by Gasteiger charge is -2.44. The van der Waals surface area contributed by atoms with Crippen LogP contribution in [0.5, 0.6) is 11.5 Å². The van der Waals surface area contributed by atoms with E-state index in [0.717, 1.165) is 31.5 Å². The number of fused-ring (bicyclic) bond motifs is 4. The summed E-state index contributed by atoms with van der Waals surface area (Å²) >= 11 is 0. The van der Waals surface area contributed by atoms with E-state index in [-0.39, 0.29) is 28.8 Å². The highest BCUT2D eigenvalue weighted by Crippen LogP contribution is 2.44. The number of H-pyrrole nitrogens is 1. The molecule has 6 rings (SSSR count). The van der Waals surface area contributed by atoms with Crippen LogP contribution in [0, 0.1) is 0 Å². The molecule has 42 heavy (non-hydrogen) atoms. The van der Waals surface area contributed by atoms with Crippen LogP contribution < -0.4 is 30.3 Å². The first-order chi connectivity index (χ1) is 19.9. The number of hydrogen-bond donors (Lipinski definition) is 3. The number of anilines is 5. The Balaban J connectivity index is 1.42. The summed E-state index contributed by atoms with van der Waals surface area (Å²) < 4.78 is 66.7. The van der Waals surface area contributed by atoms with E-state index in [1.54, 1.807) is 50.8 Å². The van der Waals surface area contributed by atoms with Crippen molar-refractivity contribution >= 4 is 52.3 Å². The standard InChI is InChI=1S/C28H31F3N7O3P/c1-37-9-10-38-16(14-37)15-41-22-11-19(21(40-2)12-20(22)38)34-27-35-25-24(17(13-32-25)28(29,30)31)26(36-27)33-18-7-5-6-8-23(18)42(3,4)39/h5-8,11-13,16H,9-10,14-15H2,1-4H3,(H3,32,33,34,35,36)/t16-/m1/s1. The average Bonchev–Trinajstić information content (AvgIpc) is 3.37. The second kappa shape index (κ2) is 10.4. The predicted octanol–water partition coefficient (Wildman–Crippen LogP) is 5.23. The van der Waals surface area contributed by atoms with Gasteiger partial charge in [-0.2, -0.15) is 23.1 Å². The number of nitrogens with zero attached hydrogens (tertiary/aromatic N) is 4. The average molecular weight is 602 g/mol. The minimum absolute atomic E-state index is 0.0237. The number of methoxy groups -OCH3 is 1. The first-order valence-electron chi connectivity index (χ1n) is 13.4. The third-order valence-electron chi connectivity index (χ3n) is 7.53. The van der Waals surface area contributed by atoms with Gasteiger partial charge in [-0.3, -0.25) is 0 Å². The lowest BCUT2D eigenvalue weighted by molar-refractivity contribution is -0.136. The van der Waals surface area contributed by atoms with E-state index in [1.165, 1.54) is 0 Å². The van der Waals surface area contributed by atoms with E-state index in [1.807, 2.05) is 6.07 Å². The van der Waals surface area contributed by atoms with Gasteiger partial charge in [0.2, 0.25) is 5.95 Å². The third kappa shape index (κ3) is 5.22. The lowest BCUT2D eigenvalue weighted by Crippen LogP contribution is -2.56. The molecule has 10 nitrogen and oxygen atoms in total. The largest absolute Gasteiger partial charge is 0.494 e. The second-order valence-electron chi connectivity index (χ2n) is 10.9. The Hall–Kier alpha value is -3.96. The summed E-state index contributed by atoms with van der Waals surface area (Å²) in [5.74, 6) is 1.10. The number of benzene rings is 2. The van der Waals surface area contributed by atoms with Crippen LogP contribution in [0.2, 0.25) is 0 Å². The van der Waals surface area contributed by atoms with Crippen LogP contribution in [0.25, 0.3) is 11.0 Å². The van der Waals surface area contributed by atoms with Crippen LogP contribution in [-0.4, -0.2) is 79.6 Å². The van der Waals surface area contributed by atoms with Crippen molar-refractivity contribution in [3.8, 4) is 11.5 Å². The van der Waals surface area contributed by atoms with Crippen LogP contribution in [0.1, 0.15) is 5.56 Å². The van der Waals surface area contributed by atoms with Crippen molar-refractivity contribution in [1.29, 1.82) is 0 Å². The molecule has 0 unspecified atom stereocenters. The minimum atomic E-state index is -4.66. The zero-order valence-electron chi connectivity index (χ0n) is 23.5. The van der Waals surface area contributed by atoms with Gasteiger partial charge in [-0.05, 0) is 32.5 Å². The Morgan fingerprint density at radius 2 is 1.90 bits per heavy atom. The van der Waals surface area contributed by atoms with Gasteiger partial charge in [-0.1, -0.05) is 12.1 Å². The SMILES string of the molecule is COc1cc2c(cc1Nc1nc(Nc3ccccc3P(C)(C)=O)c3c(C(F)(F)F)c[nH]c3n1)OC[C@H]1CN(C)CCN21. The maximum absolute atomic E-state index is 14.0. The fourth-order valence-electron chi connectivity index (χ4n) is 5.51. The molecule has 0 spiro atoms. The summed E-state index contributed by atoms with van der Waals surface area (Å²) in [6.07, 6.45) is -3.79. The fraction of sp³-hybridized carbons (Fsp3) is 0.357. The molecule has 0 aliphatic carbocycles. The molecule has 3 N–H and O–H groups in total. The second-order valence-corrected chi connectivity index (χ2v) is 14.1. The van der Waals surface area contributed by atoms with Crippen molar-refractivity contribution in [2.45, 2.75) is 12.2 Å². The molecule has 2 aliphatic rings. The molecule has 1 fully saturated rings. The van der Waals surface area contributed by atoms with Crippen LogP contribution >= 0.6 is 7.14 Å². The molecular weight excluding hydrogens is 570 g/mol. The van der Waals surface area contributed by atoms with Gasteiger partial charge >= 0.3 is 6.18 Å². The summed E-state index contributed by atoms with van der Waals surface area (Å²) in [5, 5.41) is 6.39. The number of para-hydroxylation sites is 1. The van der Waals surface area contributed by atoms with Gasteiger partial charge in [0.1, 0.15) is 36.7 Å². The topological polar surface area (TPSA) is 108 Å². The van der Waals surface area contributed by atoms with Crippen molar-refractivity contribution < 1.29 is 27.2 Å². The quantitative estimate of drug-likeness (QED) is 0.256. The number of rotatable bonds is 6. The molecular formula is C28H31F3N7O3P. The highest BCUT2D eigenvalue weighted by molar-refractivity contribution is 7.70. The van der Waals surface area contributed by atoms with Crippen molar-refractivity contribution in [1.82, 2.24) is 19.9 Å². The van der Waals surface area contributed by atoms with Crippen LogP contribution in [0.15, 0.2) is 42.6 Å². The van der Waals surface area contributed by atoms with E-state index in [0.29, 0.717) is 34.8 Å². The number of aromatic nitrogens is 3. The van der Waals surface area contributed by atoms with Gasteiger partial charge in [-0.25, -0.2) is 0 Å².